The van der Waals surface area contributed by atoms with Gasteiger partial charge in [0, 0.05) is 24.7 Å². The molecule has 0 atom stereocenters. The van der Waals surface area contributed by atoms with Crippen molar-refractivity contribution in [2.24, 2.45) is 0 Å². The van der Waals surface area contributed by atoms with E-state index in [1.54, 1.807) is 0 Å². The van der Waals surface area contributed by atoms with Gasteiger partial charge in [0.25, 0.3) is 0 Å². The number of carbonyl (C=O) groups excluding carboxylic acids is 1. The average Bonchev–Trinajstić information content (AvgIpc) is 3.16. The SMILES string of the molecule is N#CCc1ccc(NC(=O)CCNC2CC2)cc1. The number of amides is 1. The van der Waals surface area contributed by atoms with Crippen LogP contribution in [-0.2, 0) is 11.2 Å². The molecular formula is C14H17N3O. The smallest absolute Gasteiger partial charge is 0.225 e. The van der Waals surface area contributed by atoms with Crippen molar-refractivity contribution in [3.63, 3.8) is 0 Å². The van der Waals surface area contributed by atoms with Gasteiger partial charge >= 0.3 is 0 Å². The molecule has 0 spiro atoms. The highest BCUT2D eigenvalue weighted by Crippen LogP contribution is 2.18. The van der Waals surface area contributed by atoms with Crippen molar-refractivity contribution in [1.82, 2.24) is 5.32 Å². The molecule has 4 heteroatoms. The molecule has 1 aliphatic rings. The number of rotatable bonds is 6. The van der Waals surface area contributed by atoms with Crippen LogP contribution in [0.1, 0.15) is 24.8 Å². The van der Waals surface area contributed by atoms with Gasteiger partial charge in [0.2, 0.25) is 5.91 Å². The lowest BCUT2D eigenvalue weighted by Gasteiger charge is -2.06. The Hall–Kier alpha value is -1.86. The van der Waals surface area contributed by atoms with E-state index in [2.05, 4.69) is 16.7 Å². The van der Waals surface area contributed by atoms with E-state index < -0.39 is 0 Å². The molecule has 1 saturated carbocycles. The fourth-order valence-corrected chi connectivity index (χ4v) is 1.70. The quantitative estimate of drug-likeness (QED) is 0.801. The van der Waals surface area contributed by atoms with Crippen molar-refractivity contribution >= 4 is 11.6 Å². The minimum Gasteiger partial charge on any atom is -0.326 e. The molecule has 0 aromatic heterocycles. The van der Waals surface area contributed by atoms with Crippen molar-refractivity contribution in [1.29, 1.82) is 5.26 Å². The summed E-state index contributed by atoms with van der Waals surface area (Å²) in [5, 5.41) is 14.7. The number of hydrogen-bond acceptors (Lipinski definition) is 3. The minimum absolute atomic E-state index is 0.0242. The van der Waals surface area contributed by atoms with E-state index in [0.29, 0.717) is 18.9 Å². The third kappa shape index (κ3) is 4.19. The van der Waals surface area contributed by atoms with Crippen molar-refractivity contribution < 1.29 is 4.79 Å². The zero-order valence-electron chi connectivity index (χ0n) is 10.3. The van der Waals surface area contributed by atoms with Crippen molar-refractivity contribution in [3.05, 3.63) is 29.8 Å². The summed E-state index contributed by atoms with van der Waals surface area (Å²) in [7, 11) is 0. The predicted molar refractivity (Wildman–Crippen MR) is 70.0 cm³/mol. The van der Waals surface area contributed by atoms with E-state index in [4.69, 9.17) is 5.26 Å². The highest BCUT2D eigenvalue weighted by atomic mass is 16.1. The molecule has 2 rings (SSSR count). The average molecular weight is 243 g/mol. The predicted octanol–water partition coefficient (Wildman–Crippen LogP) is 1.83. The summed E-state index contributed by atoms with van der Waals surface area (Å²) in [5.74, 6) is 0.0242. The zero-order valence-corrected chi connectivity index (χ0v) is 10.3. The first-order chi connectivity index (χ1) is 8.78. The summed E-state index contributed by atoms with van der Waals surface area (Å²) in [6.45, 7) is 0.739. The van der Waals surface area contributed by atoms with E-state index in [9.17, 15) is 4.79 Å². The molecule has 4 nitrogen and oxygen atoms in total. The number of carbonyl (C=O) groups is 1. The number of nitrogens with zero attached hydrogens (tertiary/aromatic N) is 1. The van der Waals surface area contributed by atoms with E-state index in [-0.39, 0.29) is 5.91 Å². The zero-order chi connectivity index (χ0) is 12.8. The van der Waals surface area contributed by atoms with Crippen LogP contribution in [0, 0.1) is 11.3 Å². The van der Waals surface area contributed by atoms with Crippen LogP contribution in [0.4, 0.5) is 5.69 Å². The Bertz CT molecular complexity index is 443. The van der Waals surface area contributed by atoms with Gasteiger partial charge in [-0.05, 0) is 30.5 Å². The van der Waals surface area contributed by atoms with Crippen LogP contribution in [0.3, 0.4) is 0 Å². The van der Waals surface area contributed by atoms with E-state index in [1.807, 2.05) is 24.3 Å². The Kier molecular flexibility index (Phi) is 4.32. The summed E-state index contributed by atoms with van der Waals surface area (Å²) < 4.78 is 0. The maximum atomic E-state index is 11.6. The molecule has 1 fully saturated rings. The fraction of sp³-hybridized carbons (Fsp3) is 0.429. The molecule has 1 aromatic carbocycles. The van der Waals surface area contributed by atoms with Gasteiger partial charge in [-0.1, -0.05) is 12.1 Å². The molecule has 1 aliphatic carbocycles. The Morgan fingerprint density at radius 1 is 1.33 bits per heavy atom. The first-order valence-electron chi connectivity index (χ1n) is 6.27. The van der Waals surface area contributed by atoms with Gasteiger partial charge in [-0.15, -0.1) is 0 Å². The molecule has 94 valence electrons. The summed E-state index contributed by atoms with van der Waals surface area (Å²) >= 11 is 0. The van der Waals surface area contributed by atoms with Crippen molar-refractivity contribution in [2.45, 2.75) is 31.7 Å². The number of benzene rings is 1. The second-order valence-corrected chi connectivity index (χ2v) is 4.56. The minimum atomic E-state index is 0.0242. The Labute approximate surface area is 107 Å². The number of nitriles is 1. The Balaban J connectivity index is 1.73. The molecule has 0 bridgehead atoms. The maximum absolute atomic E-state index is 11.6. The van der Waals surface area contributed by atoms with Crippen molar-refractivity contribution in [2.75, 3.05) is 11.9 Å². The lowest BCUT2D eigenvalue weighted by molar-refractivity contribution is -0.116. The second-order valence-electron chi connectivity index (χ2n) is 4.56. The standard InChI is InChI=1S/C14H17N3O/c15-9-7-11-1-3-13(4-2-11)17-14(18)8-10-16-12-5-6-12/h1-4,12,16H,5-8,10H2,(H,17,18). The normalized spacial score (nSPS) is 13.9. The maximum Gasteiger partial charge on any atom is 0.225 e. The summed E-state index contributed by atoms with van der Waals surface area (Å²) in [5.41, 5.74) is 1.75. The largest absolute Gasteiger partial charge is 0.326 e. The summed E-state index contributed by atoms with van der Waals surface area (Å²) in [4.78, 5) is 11.6. The first kappa shape index (κ1) is 12.6. The summed E-state index contributed by atoms with van der Waals surface area (Å²) in [6.07, 6.45) is 3.37. The molecule has 0 aliphatic heterocycles. The van der Waals surface area contributed by atoms with Crippen LogP contribution in [0.2, 0.25) is 0 Å². The van der Waals surface area contributed by atoms with Crippen LogP contribution in [0.15, 0.2) is 24.3 Å². The second kappa shape index (κ2) is 6.18. The van der Waals surface area contributed by atoms with Gasteiger partial charge in [-0.2, -0.15) is 5.26 Å². The molecule has 1 amide bonds. The molecule has 1 aromatic rings. The van der Waals surface area contributed by atoms with Crippen LogP contribution in [-0.4, -0.2) is 18.5 Å². The van der Waals surface area contributed by atoms with E-state index in [0.717, 1.165) is 17.8 Å². The van der Waals surface area contributed by atoms with Gasteiger partial charge in [-0.3, -0.25) is 4.79 Å². The molecule has 0 saturated heterocycles. The first-order valence-corrected chi connectivity index (χ1v) is 6.27. The van der Waals surface area contributed by atoms with Crippen LogP contribution < -0.4 is 10.6 Å². The van der Waals surface area contributed by atoms with Gasteiger partial charge < -0.3 is 10.6 Å². The van der Waals surface area contributed by atoms with Gasteiger partial charge in [-0.25, -0.2) is 0 Å². The molecule has 18 heavy (non-hydrogen) atoms. The van der Waals surface area contributed by atoms with E-state index >= 15 is 0 Å². The molecule has 2 N–H and O–H groups in total. The Morgan fingerprint density at radius 3 is 2.67 bits per heavy atom. The van der Waals surface area contributed by atoms with E-state index in [1.165, 1.54) is 12.8 Å². The van der Waals surface area contributed by atoms with Crippen LogP contribution in [0.25, 0.3) is 0 Å². The highest BCUT2D eigenvalue weighted by Gasteiger charge is 2.19. The third-order valence-electron chi connectivity index (χ3n) is 2.88. The van der Waals surface area contributed by atoms with Gasteiger partial charge in [0.15, 0.2) is 0 Å². The lowest BCUT2D eigenvalue weighted by atomic mass is 10.1. The van der Waals surface area contributed by atoms with Gasteiger partial charge in [0.05, 0.1) is 12.5 Å². The lowest BCUT2D eigenvalue weighted by Crippen LogP contribution is -2.23. The topological polar surface area (TPSA) is 64.9 Å². The molecule has 0 radical (unpaired) electrons. The van der Waals surface area contributed by atoms with Crippen LogP contribution >= 0.6 is 0 Å². The molecular weight excluding hydrogens is 226 g/mol. The molecule has 0 heterocycles. The number of hydrogen-bond donors (Lipinski definition) is 2. The highest BCUT2D eigenvalue weighted by molar-refractivity contribution is 5.90. The number of nitrogens with one attached hydrogen (secondary N) is 2. The third-order valence-corrected chi connectivity index (χ3v) is 2.88. The monoisotopic (exact) mass is 243 g/mol. The fourth-order valence-electron chi connectivity index (χ4n) is 1.70. The van der Waals surface area contributed by atoms with Gasteiger partial charge in [0.1, 0.15) is 0 Å². The molecule has 0 unspecified atom stereocenters. The van der Waals surface area contributed by atoms with Crippen molar-refractivity contribution in [3.8, 4) is 6.07 Å². The Morgan fingerprint density at radius 2 is 2.06 bits per heavy atom. The number of anilines is 1. The summed E-state index contributed by atoms with van der Waals surface area (Å²) in [6, 6.07) is 10.1. The van der Waals surface area contributed by atoms with Crippen LogP contribution in [0.5, 0.6) is 0 Å².